The lowest BCUT2D eigenvalue weighted by Gasteiger charge is -2.38. The van der Waals surface area contributed by atoms with Gasteiger partial charge in [0.05, 0.1) is 6.54 Å². The van der Waals surface area contributed by atoms with Crippen molar-refractivity contribution >= 4 is 16.9 Å². The van der Waals surface area contributed by atoms with Gasteiger partial charge in [-0.05, 0) is 55.9 Å². The molecule has 4 rings (SSSR count). The van der Waals surface area contributed by atoms with Gasteiger partial charge < -0.3 is 9.32 Å². The van der Waals surface area contributed by atoms with Gasteiger partial charge in [0.15, 0.2) is 0 Å². The van der Waals surface area contributed by atoms with Crippen LogP contribution in [0.25, 0.3) is 11.0 Å². The van der Waals surface area contributed by atoms with E-state index in [2.05, 4.69) is 34.6 Å². The van der Waals surface area contributed by atoms with E-state index in [1.165, 1.54) is 12.0 Å². The Hall–Kier alpha value is -2.18. The second-order valence-electron chi connectivity index (χ2n) is 8.76. The van der Waals surface area contributed by atoms with Crippen LogP contribution in [-0.2, 0) is 17.8 Å². The average Bonchev–Trinajstić information content (AvgIpc) is 2.75. The normalized spacial score (nSPS) is 21.3. The number of piperidine rings is 1. The molecular formula is C24H33N3O3. The Balaban J connectivity index is 1.37. The van der Waals surface area contributed by atoms with Crippen molar-refractivity contribution in [2.24, 2.45) is 0 Å². The van der Waals surface area contributed by atoms with Gasteiger partial charge in [0.2, 0.25) is 5.91 Å². The number of hydrogen-bond acceptors (Lipinski definition) is 5. The molecule has 0 N–H and O–H groups in total. The Labute approximate surface area is 178 Å². The number of likely N-dealkylation sites (tertiary alicyclic amines) is 1. The van der Waals surface area contributed by atoms with Gasteiger partial charge in [-0.3, -0.25) is 14.6 Å². The molecule has 2 saturated heterocycles. The number of fused-ring (bicyclic) bond motifs is 1. The van der Waals surface area contributed by atoms with E-state index in [1.807, 2.05) is 12.1 Å². The number of hydrogen-bond donors (Lipinski definition) is 0. The smallest absolute Gasteiger partial charge is 0.336 e. The van der Waals surface area contributed by atoms with Crippen molar-refractivity contribution in [1.82, 2.24) is 14.7 Å². The highest BCUT2D eigenvalue weighted by atomic mass is 16.4. The first-order valence-electron chi connectivity index (χ1n) is 11.3. The molecule has 1 amide bonds. The van der Waals surface area contributed by atoms with Crippen LogP contribution in [0.2, 0.25) is 0 Å². The van der Waals surface area contributed by atoms with E-state index in [9.17, 15) is 9.59 Å². The summed E-state index contributed by atoms with van der Waals surface area (Å²) >= 11 is 0. The maximum absolute atomic E-state index is 12.7. The Morgan fingerprint density at radius 1 is 1.07 bits per heavy atom. The van der Waals surface area contributed by atoms with Crippen LogP contribution in [0.15, 0.2) is 33.5 Å². The Kier molecular flexibility index (Phi) is 6.54. The molecule has 2 aliphatic heterocycles. The summed E-state index contributed by atoms with van der Waals surface area (Å²) in [6.07, 6.45) is 4.44. The molecule has 2 fully saturated rings. The molecule has 0 aliphatic carbocycles. The van der Waals surface area contributed by atoms with Gasteiger partial charge >= 0.3 is 5.63 Å². The molecule has 1 aromatic heterocycles. The first-order valence-corrected chi connectivity index (χ1v) is 11.3. The van der Waals surface area contributed by atoms with Gasteiger partial charge in [0, 0.05) is 56.8 Å². The van der Waals surface area contributed by atoms with Crippen LogP contribution in [-0.4, -0.2) is 65.9 Å². The van der Waals surface area contributed by atoms with Gasteiger partial charge in [0.1, 0.15) is 5.58 Å². The molecule has 162 valence electrons. The van der Waals surface area contributed by atoms with Crippen LogP contribution in [0.1, 0.15) is 44.2 Å². The van der Waals surface area contributed by atoms with Crippen LogP contribution >= 0.6 is 0 Å². The number of benzene rings is 1. The van der Waals surface area contributed by atoms with Gasteiger partial charge in [-0.2, -0.15) is 0 Å². The number of amides is 1. The number of aryl methyl sites for hydroxylation is 1. The van der Waals surface area contributed by atoms with Crippen LogP contribution in [0.3, 0.4) is 0 Å². The Morgan fingerprint density at radius 2 is 1.83 bits per heavy atom. The SMILES string of the molecule is CCc1ccc2oc(=O)cc(CN3CCN(CC(=O)N4CCCCC4C)CC3)c2c1. The molecule has 0 spiro atoms. The molecule has 3 heterocycles. The minimum absolute atomic E-state index is 0.273. The quantitative estimate of drug-likeness (QED) is 0.708. The van der Waals surface area contributed by atoms with E-state index >= 15 is 0 Å². The zero-order valence-electron chi connectivity index (χ0n) is 18.2. The van der Waals surface area contributed by atoms with E-state index in [1.54, 1.807) is 6.07 Å². The topological polar surface area (TPSA) is 57.0 Å². The molecule has 0 saturated carbocycles. The Morgan fingerprint density at radius 3 is 2.57 bits per heavy atom. The summed E-state index contributed by atoms with van der Waals surface area (Å²) in [5.74, 6) is 0.273. The molecule has 30 heavy (non-hydrogen) atoms. The fourth-order valence-corrected chi connectivity index (χ4v) is 4.72. The summed E-state index contributed by atoms with van der Waals surface area (Å²) in [6, 6.07) is 8.08. The fraction of sp³-hybridized carbons (Fsp3) is 0.583. The maximum atomic E-state index is 12.7. The van der Waals surface area contributed by atoms with E-state index in [4.69, 9.17) is 4.42 Å². The maximum Gasteiger partial charge on any atom is 0.336 e. The van der Waals surface area contributed by atoms with Gasteiger partial charge in [-0.25, -0.2) is 4.79 Å². The zero-order chi connectivity index (χ0) is 21.1. The third kappa shape index (κ3) is 4.76. The minimum atomic E-state index is -0.290. The van der Waals surface area contributed by atoms with Gasteiger partial charge in [-0.15, -0.1) is 0 Å². The molecule has 0 bridgehead atoms. The monoisotopic (exact) mass is 411 g/mol. The second kappa shape index (κ2) is 9.31. The lowest BCUT2D eigenvalue weighted by Crippen LogP contribution is -2.51. The third-order valence-corrected chi connectivity index (χ3v) is 6.64. The second-order valence-corrected chi connectivity index (χ2v) is 8.76. The van der Waals surface area contributed by atoms with Crippen LogP contribution in [0.4, 0.5) is 0 Å². The number of carbonyl (C=O) groups excluding carboxylic acids is 1. The molecule has 0 radical (unpaired) electrons. The van der Waals surface area contributed by atoms with Crippen molar-refractivity contribution in [1.29, 1.82) is 0 Å². The van der Waals surface area contributed by atoms with Gasteiger partial charge in [-0.1, -0.05) is 13.0 Å². The summed E-state index contributed by atoms with van der Waals surface area (Å²) in [7, 11) is 0. The third-order valence-electron chi connectivity index (χ3n) is 6.64. The fourth-order valence-electron chi connectivity index (χ4n) is 4.72. The predicted molar refractivity (Wildman–Crippen MR) is 119 cm³/mol. The lowest BCUT2D eigenvalue weighted by atomic mass is 10.0. The average molecular weight is 412 g/mol. The largest absolute Gasteiger partial charge is 0.423 e. The van der Waals surface area contributed by atoms with E-state index in [0.717, 1.165) is 69.5 Å². The first kappa shape index (κ1) is 21.1. The van der Waals surface area contributed by atoms with Gasteiger partial charge in [0.25, 0.3) is 0 Å². The number of nitrogens with zero attached hydrogens (tertiary/aromatic N) is 3. The summed E-state index contributed by atoms with van der Waals surface area (Å²) in [4.78, 5) is 31.4. The molecule has 6 heteroatoms. The van der Waals surface area contributed by atoms with Crippen molar-refractivity contribution in [3.63, 3.8) is 0 Å². The van der Waals surface area contributed by atoms with E-state index in [-0.39, 0.29) is 11.5 Å². The van der Waals surface area contributed by atoms with Crippen molar-refractivity contribution < 1.29 is 9.21 Å². The lowest BCUT2D eigenvalue weighted by molar-refractivity contribution is -0.136. The molecular weight excluding hydrogens is 378 g/mol. The molecule has 6 nitrogen and oxygen atoms in total. The number of rotatable bonds is 5. The summed E-state index contributed by atoms with van der Waals surface area (Å²) in [5.41, 5.74) is 2.65. The summed E-state index contributed by atoms with van der Waals surface area (Å²) < 4.78 is 5.39. The van der Waals surface area contributed by atoms with Crippen molar-refractivity contribution in [2.45, 2.75) is 52.1 Å². The number of piperazine rings is 1. The molecule has 1 atom stereocenters. The van der Waals surface area contributed by atoms with Crippen molar-refractivity contribution in [3.05, 3.63) is 45.8 Å². The zero-order valence-corrected chi connectivity index (χ0v) is 18.2. The van der Waals surface area contributed by atoms with Crippen LogP contribution in [0.5, 0.6) is 0 Å². The Bertz CT molecular complexity index is 946. The highest BCUT2D eigenvalue weighted by molar-refractivity contribution is 5.81. The van der Waals surface area contributed by atoms with Crippen molar-refractivity contribution in [3.8, 4) is 0 Å². The highest BCUT2D eigenvalue weighted by Crippen LogP contribution is 2.21. The van der Waals surface area contributed by atoms with Crippen molar-refractivity contribution in [2.75, 3.05) is 39.3 Å². The number of carbonyl (C=O) groups is 1. The van der Waals surface area contributed by atoms with Crippen LogP contribution in [0, 0.1) is 0 Å². The molecule has 1 unspecified atom stereocenters. The van der Waals surface area contributed by atoms with Crippen LogP contribution < -0.4 is 5.63 Å². The van der Waals surface area contributed by atoms with E-state index in [0.29, 0.717) is 18.2 Å². The first-order chi connectivity index (χ1) is 14.5. The van der Waals surface area contributed by atoms with E-state index < -0.39 is 0 Å². The summed E-state index contributed by atoms with van der Waals surface area (Å²) in [6.45, 7) is 10.0. The highest BCUT2D eigenvalue weighted by Gasteiger charge is 2.26. The standard InChI is InChI=1S/C24H33N3O3/c1-3-19-7-8-22-21(14-19)20(15-24(29)30-22)16-25-10-12-26(13-11-25)17-23(28)27-9-5-4-6-18(27)2/h7-8,14-15,18H,3-6,9-13,16-17H2,1-2H3. The molecule has 1 aromatic carbocycles. The molecule has 2 aromatic rings. The summed E-state index contributed by atoms with van der Waals surface area (Å²) in [5, 5.41) is 1.03. The minimum Gasteiger partial charge on any atom is -0.423 e. The molecule has 2 aliphatic rings. The predicted octanol–water partition coefficient (Wildman–Crippen LogP) is 2.87.